The number of hydrogen-bond donors (Lipinski definition) is 1. The van der Waals surface area contributed by atoms with Gasteiger partial charge in [0.1, 0.15) is 18.1 Å². The van der Waals surface area contributed by atoms with Crippen molar-refractivity contribution in [3.63, 3.8) is 0 Å². The van der Waals surface area contributed by atoms with Gasteiger partial charge in [-0.25, -0.2) is 0 Å². The highest BCUT2D eigenvalue weighted by atomic mass is 35.5. The minimum atomic E-state index is -0.712. The standard InChI is InChI=1S/C29H29ClN2O4/c1-19-17-23(36-18-20-7-5-4-6-8-20)13-14-24(19)27(33)25-26(21-9-11-22(30)12-10-21)32(16-15-31(2)3)29(35)28(25)34/h4-14,17,26,33H,15-16,18H2,1-3H3/t26-/m1/s1. The molecule has 0 aromatic heterocycles. The third-order valence-corrected chi connectivity index (χ3v) is 6.47. The Balaban J connectivity index is 1.70. The van der Waals surface area contributed by atoms with Crippen LogP contribution in [-0.4, -0.2) is 53.8 Å². The van der Waals surface area contributed by atoms with Crippen molar-refractivity contribution in [3.05, 3.63) is 106 Å². The van der Waals surface area contributed by atoms with E-state index in [1.807, 2.05) is 62.3 Å². The molecule has 1 atom stereocenters. The number of likely N-dealkylation sites (tertiary alicyclic amines) is 1. The van der Waals surface area contributed by atoms with Crippen molar-refractivity contribution >= 4 is 29.1 Å². The van der Waals surface area contributed by atoms with Crippen LogP contribution in [0.25, 0.3) is 5.76 Å². The van der Waals surface area contributed by atoms with Crippen molar-refractivity contribution in [3.8, 4) is 5.75 Å². The van der Waals surface area contributed by atoms with Gasteiger partial charge in [-0.05, 0) is 68.0 Å². The summed E-state index contributed by atoms with van der Waals surface area (Å²) in [7, 11) is 3.80. The number of rotatable bonds is 8. The predicted octanol–water partition coefficient (Wildman–Crippen LogP) is 5.21. The Morgan fingerprint density at radius 1 is 1.03 bits per heavy atom. The average molecular weight is 505 g/mol. The summed E-state index contributed by atoms with van der Waals surface area (Å²) in [5.74, 6) is -0.879. The number of hydrogen-bond acceptors (Lipinski definition) is 5. The number of ether oxygens (including phenoxy) is 1. The van der Waals surface area contributed by atoms with Gasteiger partial charge in [-0.15, -0.1) is 0 Å². The van der Waals surface area contributed by atoms with E-state index in [0.29, 0.717) is 41.6 Å². The lowest BCUT2D eigenvalue weighted by atomic mass is 9.94. The number of amides is 1. The molecule has 7 heteroatoms. The van der Waals surface area contributed by atoms with Crippen molar-refractivity contribution in [2.45, 2.75) is 19.6 Å². The summed E-state index contributed by atoms with van der Waals surface area (Å²) >= 11 is 6.08. The summed E-state index contributed by atoms with van der Waals surface area (Å²) in [6.07, 6.45) is 0. The van der Waals surface area contributed by atoms with Gasteiger partial charge in [0.15, 0.2) is 0 Å². The van der Waals surface area contributed by atoms with E-state index < -0.39 is 17.7 Å². The number of aliphatic hydroxyl groups is 1. The highest BCUT2D eigenvalue weighted by Crippen LogP contribution is 2.40. The zero-order valence-corrected chi connectivity index (χ0v) is 21.3. The molecule has 1 amide bonds. The molecular weight excluding hydrogens is 476 g/mol. The predicted molar refractivity (Wildman–Crippen MR) is 141 cm³/mol. The third-order valence-electron chi connectivity index (χ3n) is 6.22. The Morgan fingerprint density at radius 2 is 1.72 bits per heavy atom. The molecule has 0 bridgehead atoms. The number of aryl methyl sites for hydroxylation is 1. The minimum Gasteiger partial charge on any atom is -0.507 e. The Hall–Kier alpha value is -3.61. The average Bonchev–Trinajstić information content (AvgIpc) is 3.12. The Bertz CT molecular complexity index is 1290. The summed E-state index contributed by atoms with van der Waals surface area (Å²) in [6, 6.07) is 21.4. The zero-order valence-electron chi connectivity index (χ0n) is 20.6. The number of carbonyl (C=O) groups is 2. The molecule has 1 aliphatic rings. The monoisotopic (exact) mass is 504 g/mol. The maximum atomic E-state index is 13.2. The number of carbonyl (C=O) groups excluding carboxylic acids is 2. The van der Waals surface area contributed by atoms with Gasteiger partial charge in [0.05, 0.1) is 11.6 Å². The van der Waals surface area contributed by atoms with Crippen molar-refractivity contribution in [2.75, 3.05) is 27.2 Å². The lowest BCUT2D eigenvalue weighted by Crippen LogP contribution is -2.35. The van der Waals surface area contributed by atoms with Crippen LogP contribution in [0.4, 0.5) is 0 Å². The lowest BCUT2D eigenvalue weighted by Gasteiger charge is -2.26. The van der Waals surface area contributed by atoms with Crippen LogP contribution in [0.5, 0.6) is 5.75 Å². The quantitative estimate of drug-likeness (QED) is 0.259. The van der Waals surface area contributed by atoms with Gasteiger partial charge >= 0.3 is 0 Å². The van der Waals surface area contributed by atoms with Crippen LogP contribution in [-0.2, 0) is 16.2 Å². The van der Waals surface area contributed by atoms with E-state index in [4.69, 9.17) is 16.3 Å². The Kier molecular flexibility index (Phi) is 7.77. The molecule has 1 aliphatic heterocycles. The maximum absolute atomic E-state index is 13.2. The fourth-order valence-corrected chi connectivity index (χ4v) is 4.41. The minimum absolute atomic E-state index is 0.0714. The fraction of sp³-hybridized carbons (Fsp3) is 0.241. The van der Waals surface area contributed by atoms with Gasteiger partial charge in [0, 0.05) is 23.7 Å². The van der Waals surface area contributed by atoms with Crippen LogP contribution in [0.1, 0.15) is 28.3 Å². The van der Waals surface area contributed by atoms with E-state index in [1.54, 1.807) is 36.4 Å². The van der Waals surface area contributed by atoms with E-state index in [9.17, 15) is 14.7 Å². The molecule has 1 fully saturated rings. The normalized spacial score (nSPS) is 17.1. The molecule has 0 unspecified atom stereocenters. The SMILES string of the molecule is Cc1cc(OCc2ccccc2)ccc1C(O)=C1C(=O)C(=O)N(CCN(C)C)[C@@H]1c1ccc(Cl)cc1. The van der Waals surface area contributed by atoms with Gasteiger partial charge in [0.2, 0.25) is 0 Å². The number of benzene rings is 3. The van der Waals surface area contributed by atoms with E-state index >= 15 is 0 Å². The van der Waals surface area contributed by atoms with E-state index in [-0.39, 0.29) is 11.3 Å². The molecule has 0 aliphatic carbocycles. The summed E-state index contributed by atoms with van der Waals surface area (Å²) in [6.45, 7) is 3.17. The summed E-state index contributed by atoms with van der Waals surface area (Å²) < 4.78 is 5.90. The Morgan fingerprint density at radius 3 is 2.36 bits per heavy atom. The summed E-state index contributed by atoms with van der Waals surface area (Å²) in [5.41, 5.74) is 3.03. The van der Waals surface area contributed by atoms with Crippen LogP contribution in [0.15, 0.2) is 78.4 Å². The van der Waals surface area contributed by atoms with Crippen molar-refractivity contribution in [2.24, 2.45) is 0 Å². The molecule has 1 N–H and O–H groups in total. The first kappa shape index (κ1) is 25.5. The third kappa shape index (κ3) is 5.45. The molecule has 0 saturated carbocycles. The molecule has 1 saturated heterocycles. The highest BCUT2D eigenvalue weighted by Gasteiger charge is 2.46. The van der Waals surface area contributed by atoms with Crippen LogP contribution >= 0.6 is 11.6 Å². The number of likely N-dealkylation sites (N-methyl/N-ethyl adjacent to an activating group) is 1. The van der Waals surface area contributed by atoms with Gasteiger partial charge in [0.25, 0.3) is 11.7 Å². The molecule has 36 heavy (non-hydrogen) atoms. The van der Waals surface area contributed by atoms with E-state index in [0.717, 1.165) is 11.1 Å². The lowest BCUT2D eigenvalue weighted by molar-refractivity contribution is -0.140. The van der Waals surface area contributed by atoms with Gasteiger partial charge < -0.3 is 19.6 Å². The second kappa shape index (κ2) is 11.0. The molecule has 1 heterocycles. The van der Waals surface area contributed by atoms with Crippen LogP contribution < -0.4 is 4.74 Å². The second-order valence-electron chi connectivity index (χ2n) is 9.10. The molecule has 6 nitrogen and oxygen atoms in total. The topological polar surface area (TPSA) is 70.1 Å². The molecule has 0 spiro atoms. The van der Waals surface area contributed by atoms with Crippen molar-refractivity contribution in [1.29, 1.82) is 0 Å². The molecule has 0 radical (unpaired) electrons. The second-order valence-corrected chi connectivity index (χ2v) is 9.53. The first-order chi connectivity index (χ1) is 17.3. The molecular formula is C29H29ClN2O4. The molecule has 3 aromatic carbocycles. The van der Waals surface area contributed by atoms with Crippen molar-refractivity contribution in [1.82, 2.24) is 9.80 Å². The number of aliphatic hydroxyl groups excluding tert-OH is 1. The van der Waals surface area contributed by atoms with Gasteiger partial charge in [-0.2, -0.15) is 0 Å². The number of ketones is 1. The summed E-state index contributed by atoms with van der Waals surface area (Å²) in [5, 5.41) is 11.9. The highest BCUT2D eigenvalue weighted by molar-refractivity contribution is 6.46. The smallest absolute Gasteiger partial charge is 0.295 e. The molecule has 186 valence electrons. The van der Waals surface area contributed by atoms with E-state index in [2.05, 4.69) is 0 Å². The fourth-order valence-electron chi connectivity index (χ4n) is 4.29. The van der Waals surface area contributed by atoms with E-state index in [1.165, 1.54) is 4.90 Å². The number of nitrogens with zero attached hydrogens (tertiary/aromatic N) is 2. The number of halogens is 1. The molecule has 4 rings (SSSR count). The van der Waals surface area contributed by atoms with Gasteiger partial charge in [-0.3, -0.25) is 9.59 Å². The van der Waals surface area contributed by atoms with Crippen LogP contribution in [0.2, 0.25) is 5.02 Å². The largest absolute Gasteiger partial charge is 0.507 e. The van der Waals surface area contributed by atoms with Crippen LogP contribution in [0, 0.1) is 6.92 Å². The first-order valence-corrected chi connectivity index (χ1v) is 12.1. The summed E-state index contributed by atoms with van der Waals surface area (Å²) in [4.78, 5) is 29.7. The van der Waals surface area contributed by atoms with Crippen LogP contribution in [0.3, 0.4) is 0 Å². The molecule has 3 aromatic rings. The zero-order chi connectivity index (χ0) is 25.8. The Labute approximate surface area is 216 Å². The maximum Gasteiger partial charge on any atom is 0.295 e. The van der Waals surface area contributed by atoms with Crippen molar-refractivity contribution < 1.29 is 19.4 Å². The first-order valence-electron chi connectivity index (χ1n) is 11.7. The van der Waals surface area contributed by atoms with Gasteiger partial charge in [-0.1, -0.05) is 54.1 Å². The number of Topliss-reactive ketones (excluding diaryl/α,β-unsaturated/α-hetero) is 1.